The van der Waals surface area contributed by atoms with Crippen molar-refractivity contribution in [3.8, 4) is 5.75 Å². The number of hydrogen-bond donors (Lipinski definition) is 2. The van der Waals surface area contributed by atoms with Gasteiger partial charge < -0.3 is 15.4 Å². The minimum atomic E-state index is 0.169. The molecule has 0 saturated carbocycles. The van der Waals surface area contributed by atoms with Crippen LogP contribution in [0.4, 0.5) is 0 Å². The number of fused-ring (bicyclic) bond motifs is 1. The Morgan fingerprint density at radius 2 is 2.16 bits per heavy atom. The first-order valence-electron chi connectivity index (χ1n) is 7.07. The zero-order valence-corrected chi connectivity index (χ0v) is 11.0. The van der Waals surface area contributed by atoms with Gasteiger partial charge in [-0.2, -0.15) is 0 Å². The molecule has 0 radical (unpaired) electrons. The van der Waals surface area contributed by atoms with Gasteiger partial charge in [0.15, 0.2) is 0 Å². The van der Waals surface area contributed by atoms with Crippen LogP contribution in [0.3, 0.4) is 0 Å². The lowest BCUT2D eigenvalue weighted by Gasteiger charge is -2.28. The second kappa shape index (κ2) is 5.61. The third-order valence-corrected chi connectivity index (χ3v) is 3.89. The fourth-order valence-electron chi connectivity index (χ4n) is 2.86. The maximum absolute atomic E-state index is 11.2. The Labute approximate surface area is 113 Å². The second-order valence-electron chi connectivity index (χ2n) is 5.29. The Kier molecular flexibility index (Phi) is 3.69. The van der Waals surface area contributed by atoms with Crippen molar-refractivity contribution in [1.82, 2.24) is 10.6 Å². The zero-order valence-electron chi connectivity index (χ0n) is 11.0. The quantitative estimate of drug-likeness (QED) is 0.852. The molecule has 2 unspecified atom stereocenters. The van der Waals surface area contributed by atoms with Crippen molar-refractivity contribution in [1.29, 1.82) is 0 Å². The summed E-state index contributed by atoms with van der Waals surface area (Å²) in [5.74, 6) is 1.17. The number of piperidine rings is 1. The molecule has 102 valence electrons. The third-order valence-electron chi connectivity index (χ3n) is 3.89. The molecule has 4 nitrogen and oxygen atoms in total. The number of benzene rings is 1. The largest absolute Gasteiger partial charge is 0.493 e. The molecule has 1 aromatic carbocycles. The zero-order chi connectivity index (χ0) is 13.1. The van der Waals surface area contributed by atoms with Gasteiger partial charge in [0.25, 0.3) is 0 Å². The monoisotopic (exact) mass is 260 g/mol. The van der Waals surface area contributed by atoms with E-state index in [1.54, 1.807) is 0 Å². The number of para-hydroxylation sites is 1. The average molecular weight is 260 g/mol. The molecule has 2 N–H and O–H groups in total. The lowest BCUT2D eigenvalue weighted by molar-refractivity contribution is -0.122. The highest BCUT2D eigenvalue weighted by Crippen LogP contribution is 2.31. The summed E-state index contributed by atoms with van der Waals surface area (Å²) >= 11 is 0. The van der Waals surface area contributed by atoms with E-state index in [0.29, 0.717) is 18.5 Å². The summed E-state index contributed by atoms with van der Waals surface area (Å²) in [6, 6.07) is 8.96. The van der Waals surface area contributed by atoms with Gasteiger partial charge in [-0.15, -0.1) is 0 Å². The first kappa shape index (κ1) is 12.5. The predicted octanol–water partition coefficient (Wildman–Crippen LogP) is 1.77. The summed E-state index contributed by atoms with van der Waals surface area (Å²) in [5, 5.41) is 6.61. The standard InChI is InChI=1S/C15H20N2O2/c18-15-8-7-11(10-16-15)17-13-5-3-9-19-14-6-2-1-4-12(13)14/h1-2,4,6,11,13,17H,3,5,7-10H2,(H,16,18). The van der Waals surface area contributed by atoms with Gasteiger partial charge in [-0.05, 0) is 25.3 Å². The minimum Gasteiger partial charge on any atom is -0.493 e. The number of hydrogen-bond acceptors (Lipinski definition) is 3. The highest BCUT2D eigenvalue weighted by Gasteiger charge is 2.24. The molecule has 2 aliphatic heterocycles. The van der Waals surface area contributed by atoms with Crippen LogP contribution in [-0.2, 0) is 4.79 Å². The molecule has 0 aromatic heterocycles. The van der Waals surface area contributed by atoms with E-state index < -0.39 is 0 Å². The topological polar surface area (TPSA) is 50.4 Å². The number of carbonyl (C=O) groups excluding carboxylic acids is 1. The predicted molar refractivity (Wildman–Crippen MR) is 73.1 cm³/mol. The van der Waals surface area contributed by atoms with Gasteiger partial charge in [0.05, 0.1) is 6.61 Å². The van der Waals surface area contributed by atoms with Crippen molar-refractivity contribution in [3.05, 3.63) is 29.8 Å². The Morgan fingerprint density at radius 1 is 1.26 bits per heavy atom. The van der Waals surface area contributed by atoms with Crippen LogP contribution in [0, 0.1) is 0 Å². The first-order valence-corrected chi connectivity index (χ1v) is 7.07. The second-order valence-corrected chi connectivity index (χ2v) is 5.29. The van der Waals surface area contributed by atoms with Crippen LogP contribution in [0.25, 0.3) is 0 Å². The van der Waals surface area contributed by atoms with Gasteiger partial charge in [-0.1, -0.05) is 18.2 Å². The molecule has 1 saturated heterocycles. The van der Waals surface area contributed by atoms with Gasteiger partial charge in [0, 0.05) is 30.6 Å². The Balaban J connectivity index is 1.72. The van der Waals surface area contributed by atoms with Gasteiger partial charge in [0.1, 0.15) is 5.75 Å². The molecule has 4 heteroatoms. The number of amides is 1. The molecular weight excluding hydrogens is 240 g/mol. The van der Waals surface area contributed by atoms with Crippen LogP contribution >= 0.6 is 0 Å². The van der Waals surface area contributed by atoms with Crippen molar-refractivity contribution >= 4 is 5.91 Å². The smallest absolute Gasteiger partial charge is 0.220 e. The van der Waals surface area contributed by atoms with Crippen LogP contribution in [0.5, 0.6) is 5.75 Å². The summed E-state index contributed by atoms with van der Waals surface area (Å²) in [6.45, 7) is 1.52. The van der Waals surface area contributed by atoms with Crippen molar-refractivity contribution < 1.29 is 9.53 Å². The fourth-order valence-corrected chi connectivity index (χ4v) is 2.86. The van der Waals surface area contributed by atoms with E-state index in [9.17, 15) is 4.79 Å². The lowest BCUT2D eigenvalue weighted by Crippen LogP contribution is -2.46. The summed E-state index contributed by atoms with van der Waals surface area (Å²) in [4.78, 5) is 11.2. The summed E-state index contributed by atoms with van der Waals surface area (Å²) in [6.07, 6.45) is 3.70. The van der Waals surface area contributed by atoms with Crippen LogP contribution in [0.15, 0.2) is 24.3 Å². The number of nitrogens with one attached hydrogen (secondary N) is 2. The SMILES string of the molecule is O=C1CCC(NC2CCCOc3ccccc32)CN1. The average Bonchev–Trinajstić information content (AvgIpc) is 2.64. The van der Waals surface area contributed by atoms with Crippen LogP contribution in [0.2, 0.25) is 0 Å². The van der Waals surface area contributed by atoms with E-state index in [1.165, 1.54) is 5.56 Å². The molecular formula is C15H20N2O2. The van der Waals surface area contributed by atoms with Gasteiger partial charge >= 0.3 is 0 Å². The van der Waals surface area contributed by atoms with Crippen LogP contribution < -0.4 is 15.4 Å². The van der Waals surface area contributed by atoms with Crippen LogP contribution in [-0.4, -0.2) is 25.1 Å². The molecule has 2 heterocycles. The third kappa shape index (κ3) is 2.89. The summed E-state index contributed by atoms with van der Waals surface area (Å²) < 4.78 is 5.78. The Hall–Kier alpha value is -1.55. The molecule has 1 aromatic rings. The molecule has 19 heavy (non-hydrogen) atoms. The Morgan fingerprint density at radius 3 is 3.00 bits per heavy atom. The molecule has 1 amide bonds. The van der Waals surface area contributed by atoms with Gasteiger partial charge in [-0.3, -0.25) is 4.79 Å². The molecule has 0 spiro atoms. The normalized spacial score (nSPS) is 26.8. The van der Waals surface area contributed by atoms with E-state index in [0.717, 1.165) is 38.2 Å². The number of rotatable bonds is 2. The summed E-state index contributed by atoms with van der Waals surface area (Å²) in [7, 11) is 0. The van der Waals surface area contributed by atoms with Crippen molar-refractivity contribution in [2.75, 3.05) is 13.2 Å². The Bertz CT molecular complexity index is 451. The van der Waals surface area contributed by atoms with E-state index in [2.05, 4.69) is 22.8 Å². The van der Waals surface area contributed by atoms with Crippen molar-refractivity contribution in [2.45, 2.75) is 37.8 Å². The number of ether oxygens (including phenoxy) is 1. The highest BCUT2D eigenvalue weighted by atomic mass is 16.5. The molecule has 2 atom stereocenters. The molecule has 2 aliphatic rings. The maximum atomic E-state index is 11.2. The molecule has 0 bridgehead atoms. The van der Waals surface area contributed by atoms with Gasteiger partial charge in [-0.25, -0.2) is 0 Å². The molecule has 0 aliphatic carbocycles. The number of carbonyl (C=O) groups is 1. The van der Waals surface area contributed by atoms with E-state index in [-0.39, 0.29) is 5.91 Å². The van der Waals surface area contributed by atoms with E-state index in [4.69, 9.17) is 4.74 Å². The van der Waals surface area contributed by atoms with Crippen molar-refractivity contribution in [2.24, 2.45) is 0 Å². The molecule has 1 fully saturated rings. The van der Waals surface area contributed by atoms with Gasteiger partial charge in [0.2, 0.25) is 5.91 Å². The van der Waals surface area contributed by atoms with E-state index in [1.807, 2.05) is 12.1 Å². The highest BCUT2D eigenvalue weighted by molar-refractivity contribution is 5.76. The van der Waals surface area contributed by atoms with Crippen molar-refractivity contribution in [3.63, 3.8) is 0 Å². The minimum absolute atomic E-state index is 0.169. The van der Waals surface area contributed by atoms with E-state index >= 15 is 0 Å². The lowest BCUT2D eigenvalue weighted by atomic mass is 9.99. The molecule has 3 rings (SSSR count). The maximum Gasteiger partial charge on any atom is 0.220 e. The first-order chi connectivity index (χ1) is 9.33. The fraction of sp³-hybridized carbons (Fsp3) is 0.533. The summed E-state index contributed by atoms with van der Waals surface area (Å²) in [5.41, 5.74) is 1.25. The van der Waals surface area contributed by atoms with Crippen LogP contribution in [0.1, 0.15) is 37.3 Å².